The Bertz CT molecular complexity index is 848. The molecule has 1 aliphatic rings. The van der Waals surface area contributed by atoms with Crippen LogP contribution in [-0.2, 0) is 0 Å². The Kier molecular flexibility index (Phi) is 4.08. The second kappa shape index (κ2) is 6.52. The summed E-state index contributed by atoms with van der Waals surface area (Å²) in [6, 6.07) is 28.6. The number of hydrogen-bond donors (Lipinski definition) is 1. The first-order valence-corrected chi connectivity index (χ1v) is 8.70. The molecule has 0 saturated heterocycles. The van der Waals surface area contributed by atoms with Crippen LogP contribution >= 0.6 is 22.6 Å². The van der Waals surface area contributed by atoms with Gasteiger partial charge in [0.1, 0.15) is 0 Å². The Morgan fingerprint density at radius 2 is 1.33 bits per heavy atom. The summed E-state index contributed by atoms with van der Waals surface area (Å²) in [6.07, 6.45) is 0. The van der Waals surface area contributed by atoms with Gasteiger partial charge in [-0.1, -0.05) is 48.5 Å². The maximum atomic E-state index is 4.77. The second-order valence-corrected chi connectivity index (χ2v) is 6.59. The number of nitrogens with zero attached hydrogens (tertiary/aromatic N) is 3. The highest BCUT2D eigenvalue weighted by molar-refractivity contribution is 14.1. The highest BCUT2D eigenvalue weighted by Gasteiger charge is 2.26. The molecule has 1 aliphatic heterocycles. The number of nitrogens with one attached hydrogen (secondary N) is 1. The highest BCUT2D eigenvalue weighted by Crippen LogP contribution is 2.26. The van der Waals surface area contributed by atoms with E-state index in [1.54, 1.807) is 0 Å². The average molecular weight is 426 g/mol. The van der Waals surface area contributed by atoms with Crippen LogP contribution in [0, 0.1) is 3.57 Å². The van der Waals surface area contributed by atoms with Gasteiger partial charge in [0.2, 0.25) is 0 Å². The van der Waals surface area contributed by atoms with Crippen molar-refractivity contribution in [1.82, 2.24) is 5.43 Å². The smallest absolute Gasteiger partial charge is 0.176 e. The minimum atomic E-state index is 0.818. The third-order valence-corrected chi connectivity index (χ3v) is 4.42. The molecule has 0 aliphatic carbocycles. The van der Waals surface area contributed by atoms with Gasteiger partial charge in [-0.15, -0.1) is 5.10 Å². The number of hydrazine groups is 2. The molecule has 3 aromatic rings. The zero-order chi connectivity index (χ0) is 16.4. The van der Waals surface area contributed by atoms with Crippen molar-refractivity contribution < 1.29 is 0 Å². The maximum Gasteiger partial charge on any atom is 0.176 e. The van der Waals surface area contributed by atoms with Crippen LogP contribution < -0.4 is 15.7 Å². The molecule has 0 radical (unpaired) electrons. The molecule has 0 unspecified atom stereocenters. The summed E-state index contributed by atoms with van der Waals surface area (Å²) in [6.45, 7) is 0. The van der Waals surface area contributed by atoms with E-state index in [1.165, 1.54) is 3.57 Å². The molecular formula is C19H15IN4. The molecule has 118 valence electrons. The standard InChI is InChI=1S/C19H15IN4/c20-16-11-13-18(14-12-16)24-22-19(15-7-3-1-4-8-15)21-23(24)17-9-5-2-6-10-17/h1-14H,(H,21,22). The summed E-state index contributed by atoms with van der Waals surface area (Å²) in [7, 11) is 0. The van der Waals surface area contributed by atoms with Crippen molar-refractivity contribution in [2.75, 3.05) is 10.2 Å². The van der Waals surface area contributed by atoms with Crippen LogP contribution in [0.15, 0.2) is 90.0 Å². The zero-order valence-electron chi connectivity index (χ0n) is 12.8. The number of hydrogen-bond acceptors (Lipinski definition) is 4. The zero-order valence-corrected chi connectivity index (χ0v) is 15.0. The summed E-state index contributed by atoms with van der Waals surface area (Å²) in [4.78, 5) is 0. The van der Waals surface area contributed by atoms with Crippen LogP contribution in [-0.4, -0.2) is 5.84 Å². The molecule has 0 spiro atoms. The van der Waals surface area contributed by atoms with E-state index in [0.29, 0.717) is 0 Å². The number of halogens is 1. The predicted molar refractivity (Wildman–Crippen MR) is 107 cm³/mol. The van der Waals surface area contributed by atoms with E-state index >= 15 is 0 Å². The van der Waals surface area contributed by atoms with Gasteiger partial charge in [-0.05, 0) is 59.0 Å². The number of para-hydroxylation sites is 1. The number of amidine groups is 1. The summed E-state index contributed by atoms with van der Waals surface area (Å²) in [5.74, 6) is 0.818. The second-order valence-electron chi connectivity index (χ2n) is 5.34. The fourth-order valence-electron chi connectivity index (χ4n) is 2.52. The van der Waals surface area contributed by atoms with Crippen LogP contribution in [0.1, 0.15) is 5.56 Å². The van der Waals surface area contributed by atoms with Gasteiger partial charge in [0.05, 0.1) is 11.4 Å². The number of rotatable bonds is 3. The third-order valence-electron chi connectivity index (χ3n) is 3.70. The lowest BCUT2D eigenvalue weighted by Gasteiger charge is -2.27. The monoisotopic (exact) mass is 426 g/mol. The van der Waals surface area contributed by atoms with E-state index < -0.39 is 0 Å². The fourth-order valence-corrected chi connectivity index (χ4v) is 2.88. The largest absolute Gasteiger partial charge is 0.259 e. The van der Waals surface area contributed by atoms with Gasteiger partial charge in [0.15, 0.2) is 5.84 Å². The van der Waals surface area contributed by atoms with Gasteiger partial charge in [0, 0.05) is 9.13 Å². The molecule has 0 fully saturated rings. The van der Waals surface area contributed by atoms with Gasteiger partial charge in [-0.3, -0.25) is 5.43 Å². The van der Waals surface area contributed by atoms with E-state index in [1.807, 2.05) is 70.9 Å². The van der Waals surface area contributed by atoms with Crippen molar-refractivity contribution in [3.8, 4) is 0 Å². The first kappa shape index (κ1) is 15.0. The SMILES string of the molecule is Ic1ccc(N2NC(c3ccccc3)=NN2c2ccccc2)cc1. The van der Waals surface area contributed by atoms with Crippen molar-refractivity contribution in [2.45, 2.75) is 0 Å². The minimum absolute atomic E-state index is 0.818. The quantitative estimate of drug-likeness (QED) is 0.630. The molecule has 0 bridgehead atoms. The first-order chi connectivity index (χ1) is 11.8. The van der Waals surface area contributed by atoms with Crippen LogP contribution in [0.5, 0.6) is 0 Å². The third kappa shape index (κ3) is 2.94. The lowest BCUT2D eigenvalue weighted by atomic mass is 10.2. The molecule has 0 aromatic heterocycles. The molecule has 1 N–H and O–H groups in total. The van der Waals surface area contributed by atoms with Crippen molar-refractivity contribution in [3.05, 3.63) is 94.1 Å². The molecule has 5 heteroatoms. The summed E-state index contributed by atoms with van der Waals surface area (Å²) in [5, 5.41) is 8.60. The van der Waals surface area contributed by atoms with Gasteiger partial charge in [0.25, 0.3) is 0 Å². The Morgan fingerprint density at radius 3 is 2.00 bits per heavy atom. The number of benzene rings is 3. The average Bonchev–Trinajstić information content (AvgIpc) is 3.09. The predicted octanol–water partition coefficient (Wildman–Crippen LogP) is 4.40. The van der Waals surface area contributed by atoms with Crippen molar-refractivity contribution in [1.29, 1.82) is 0 Å². The Balaban J connectivity index is 1.74. The highest BCUT2D eigenvalue weighted by atomic mass is 127. The maximum absolute atomic E-state index is 4.77. The molecule has 1 heterocycles. The summed E-state index contributed by atoms with van der Waals surface area (Å²) < 4.78 is 1.20. The molecular weight excluding hydrogens is 411 g/mol. The van der Waals surface area contributed by atoms with Crippen LogP contribution in [0.3, 0.4) is 0 Å². The van der Waals surface area contributed by atoms with Gasteiger partial charge >= 0.3 is 0 Å². The van der Waals surface area contributed by atoms with E-state index in [9.17, 15) is 0 Å². The van der Waals surface area contributed by atoms with Crippen molar-refractivity contribution >= 4 is 39.8 Å². The fraction of sp³-hybridized carbons (Fsp3) is 0. The van der Waals surface area contributed by atoms with Crippen molar-refractivity contribution in [2.24, 2.45) is 5.10 Å². The first-order valence-electron chi connectivity index (χ1n) is 7.63. The van der Waals surface area contributed by atoms with Crippen LogP contribution in [0.4, 0.5) is 11.4 Å². The van der Waals surface area contributed by atoms with E-state index in [0.717, 1.165) is 22.8 Å². The Morgan fingerprint density at radius 1 is 0.708 bits per heavy atom. The van der Waals surface area contributed by atoms with Crippen molar-refractivity contribution in [3.63, 3.8) is 0 Å². The number of hydrazone groups is 1. The van der Waals surface area contributed by atoms with Gasteiger partial charge < -0.3 is 0 Å². The Labute approximate surface area is 154 Å². The normalized spacial score (nSPS) is 13.6. The van der Waals surface area contributed by atoms with E-state index in [2.05, 4.69) is 52.3 Å². The van der Waals surface area contributed by atoms with Gasteiger partial charge in [-0.2, -0.15) is 10.2 Å². The lowest BCUT2D eigenvalue weighted by Crippen LogP contribution is -2.44. The van der Waals surface area contributed by atoms with E-state index in [-0.39, 0.29) is 0 Å². The molecule has 24 heavy (non-hydrogen) atoms. The summed E-state index contributed by atoms with van der Waals surface area (Å²) in [5.41, 5.74) is 6.46. The van der Waals surface area contributed by atoms with Crippen LogP contribution in [0.25, 0.3) is 0 Å². The molecule has 4 rings (SSSR count). The van der Waals surface area contributed by atoms with Crippen LogP contribution in [0.2, 0.25) is 0 Å². The Hall–Kier alpha value is -2.54. The summed E-state index contributed by atoms with van der Waals surface area (Å²) >= 11 is 2.31. The topological polar surface area (TPSA) is 30.9 Å². The molecule has 4 nitrogen and oxygen atoms in total. The molecule has 0 saturated carbocycles. The molecule has 0 amide bonds. The van der Waals surface area contributed by atoms with E-state index in [4.69, 9.17) is 5.10 Å². The lowest BCUT2D eigenvalue weighted by molar-refractivity contribution is 0.771. The minimum Gasteiger partial charge on any atom is -0.259 e. The molecule has 0 atom stereocenters. The van der Waals surface area contributed by atoms with Gasteiger partial charge in [-0.25, -0.2) is 0 Å². The molecule has 3 aromatic carbocycles. The number of anilines is 2.